The molecule has 0 saturated carbocycles. The molecule has 0 unspecified atom stereocenters. The number of rotatable bonds is 3. The maximum Gasteiger partial charge on any atom is 0.252 e. The van der Waals surface area contributed by atoms with E-state index in [1.54, 1.807) is 12.1 Å². The lowest BCUT2D eigenvalue weighted by Gasteiger charge is -2.22. The van der Waals surface area contributed by atoms with Gasteiger partial charge in [0.05, 0.1) is 11.0 Å². The molecule has 4 N–H and O–H groups in total. The molecule has 0 spiro atoms. The van der Waals surface area contributed by atoms with E-state index in [0.29, 0.717) is 0 Å². The zero-order chi connectivity index (χ0) is 14.9. The number of aryl methyl sites for hydroxylation is 1. The number of nitrogens with zero attached hydrogens (tertiary/aromatic N) is 1. The molecule has 0 bridgehead atoms. The van der Waals surface area contributed by atoms with Crippen LogP contribution >= 0.6 is 0 Å². The van der Waals surface area contributed by atoms with Crippen LogP contribution < -0.4 is 11.3 Å². The summed E-state index contributed by atoms with van der Waals surface area (Å²) in [6.07, 6.45) is -0.841. The summed E-state index contributed by atoms with van der Waals surface area (Å²) in [5.41, 5.74) is 2.87. The van der Waals surface area contributed by atoms with E-state index in [2.05, 4.69) is 0 Å². The Hall–Kier alpha value is -1.48. The summed E-state index contributed by atoms with van der Waals surface area (Å²) in [4.78, 5) is 11.7. The number of sulfonamides is 1. The molecule has 7 nitrogen and oxygen atoms in total. The smallest absolute Gasteiger partial charge is 0.252 e. The highest BCUT2D eigenvalue weighted by Gasteiger charge is 2.43. The molecule has 20 heavy (non-hydrogen) atoms. The minimum Gasteiger partial charge on any atom is -0.392 e. The number of aliphatic hydroxyl groups is 1. The third-order valence-electron chi connectivity index (χ3n) is 3.31. The SMILES string of the molecule is Cc1ccc(S(=O)(=O)N2C[C@H](O)C[C@H]2C(=O)NN)cc1. The van der Waals surface area contributed by atoms with Crippen LogP contribution in [0.2, 0.25) is 0 Å². The minimum atomic E-state index is -3.84. The second-order valence-electron chi connectivity index (χ2n) is 4.80. The van der Waals surface area contributed by atoms with Gasteiger partial charge >= 0.3 is 0 Å². The molecule has 1 saturated heterocycles. The van der Waals surface area contributed by atoms with Crippen molar-refractivity contribution in [2.24, 2.45) is 5.84 Å². The molecule has 1 aliphatic heterocycles. The third-order valence-corrected chi connectivity index (χ3v) is 5.20. The van der Waals surface area contributed by atoms with Gasteiger partial charge in [-0.1, -0.05) is 17.7 Å². The van der Waals surface area contributed by atoms with Crippen LogP contribution in [0.5, 0.6) is 0 Å². The molecule has 0 aliphatic carbocycles. The molecule has 1 heterocycles. The number of β-amino-alcohol motifs (C(OH)–C–C–N with tert-alkyl or cyclic N) is 1. The summed E-state index contributed by atoms with van der Waals surface area (Å²) < 4.78 is 26.0. The molecular weight excluding hydrogens is 282 g/mol. The highest BCUT2D eigenvalue weighted by molar-refractivity contribution is 7.89. The summed E-state index contributed by atoms with van der Waals surface area (Å²) in [5, 5.41) is 9.64. The monoisotopic (exact) mass is 299 g/mol. The average molecular weight is 299 g/mol. The van der Waals surface area contributed by atoms with Crippen LogP contribution in [-0.4, -0.2) is 42.4 Å². The van der Waals surface area contributed by atoms with Crippen LogP contribution in [0.1, 0.15) is 12.0 Å². The molecule has 1 aromatic carbocycles. The Morgan fingerprint density at radius 3 is 2.55 bits per heavy atom. The normalized spacial score (nSPS) is 23.8. The van der Waals surface area contributed by atoms with Crippen molar-refractivity contribution in [3.63, 3.8) is 0 Å². The highest BCUT2D eigenvalue weighted by atomic mass is 32.2. The van der Waals surface area contributed by atoms with E-state index < -0.39 is 28.1 Å². The summed E-state index contributed by atoms with van der Waals surface area (Å²) in [6.45, 7) is 1.73. The van der Waals surface area contributed by atoms with E-state index in [1.165, 1.54) is 12.1 Å². The first-order valence-corrected chi connectivity index (χ1v) is 7.57. The number of carbonyl (C=O) groups is 1. The Bertz CT molecular complexity index is 600. The van der Waals surface area contributed by atoms with E-state index in [1.807, 2.05) is 12.3 Å². The summed E-state index contributed by atoms with van der Waals surface area (Å²) in [6, 6.07) is 5.33. The average Bonchev–Trinajstić information content (AvgIpc) is 2.81. The lowest BCUT2D eigenvalue weighted by atomic mass is 10.2. The maximum absolute atomic E-state index is 12.5. The van der Waals surface area contributed by atoms with Gasteiger partial charge in [0.15, 0.2) is 0 Å². The van der Waals surface area contributed by atoms with E-state index in [0.717, 1.165) is 9.87 Å². The summed E-state index contributed by atoms with van der Waals surface area (Å²) in [5.74, 6) is 4.43. The van der Waals surface area contributed by atoms with Crippen LogP contribution in [0.25, 0.3) is 0 Å². The number of carbonyl (C=O) groups excluding carboxylic acids is 1. The van der Waals surface area contributed by atoms with Gasteiger partial charge in [-0.05, 0) is 19.1 Å². The van der Waals surface area contributed by atoms with Crippen LogP contribution in [0.3, 0.4) is 0 Å². The predicted molar refractivity (Wildman–Crippen MR) is 71.8 cm³/mol. The zero-order valence-corrected chi connectivity index (χ0v) is 11.8. The fraction of sp³-hybridized carbons (Fsp3) is 0.417. The molecule has 2 atom stereocenters. The number of hydrogen-bond donors (Lipinski definition) is 3. The predicted octanol–water partition coefficient (Wildman–Crippen LogP) is -0.891. The van der Waals surface area contributed by atoms with Gasteiger partial charge in [0, 0.05) is 13.0 Å². The molecule has 1 aliphatic rings. The lowest BCUT2D eigenvalue weighted by molar-refractivity contribution is -0.124. The van der Waals surface area contributed by atoms with Crippen LogP contribution in [0.4, 0.5) is 0 Å². The van der Waals surface area contributed by atoms with Gasteiger partial charge in [-0.3, -0.25) is 10.2 Å². The highest BCUT2D eigenvalue weighted by Crippen LogP contribution is 2.26. The molecule has 2 rings (SSSR count). The Labute approximate surface area is 117 Å². The van der Waals surface area contributed by atoms with Crippen LogP contribution in [0.15, 0.2) is 29.2 Å². The fourth-order valence-corrected chi connectivity index (χ4v) is 3.87. The van der Waals surface area contributed by atoms with Crippen molar-refractivity contribution in [1.29, 1.82) is 0 Å². The second kappa shape index (κ2) is 5.49. The quantitative estimate of drug-likeness (QED) is 0.381. The standard InChI is InChI=1S/C12H17N3O4S/c1-8-2-4-10(5-3-8)20(18,19)15-7-9(16)6-11(15)12(17)14-13/h2-5,9,11,16H,6-7,13H2,1H3,(H,14,17)/t9-,11+/m1/s1. The van der Waals surface area contributed by atoms with Gasteiger partial charge in [-0.25, -0.2) is 14.3 Å². The van der Waals surface area contributed by atoms with Gasteiger partial charge in [0.1, 0.15) is 6.04 Å². The Morgan fingerprint density at radius 1 is 1.40 bits per heavy atom. The largest absolute Gasteiger partial charge is 0.392 e. The first-order chi connectivity index (χ1) is 9.36. The second-order valence-corrected chi connectivity index (χ2v) is 6.69. The molecule has 1 aromatic rings. The number of benzene rings is 1. The maximum atomic E-state index is 12.5. The van der Waals surface area contributed by atoms with Gasteiger partial charge < -0.3 is 5.11 Å². The van der Waals surface area contributed by atoms with Gasteiger partial charge in [0.2, 0.25) is 10.0 Å². The Morgan fingerprint density at radius 2 is 2.00 bits per heavy atom. The molecule has 8 heteroatoms. The molecule has 1 amide bonds. The number of aliphatic hydroxyl groups excluding tert-OH is 1. The van der Waals surface area contributed by atoms with Crippen molar-refractivity contribution in [3.8, 4) is 0 Å². The molecule has 110 valence electrons. The third kappa shape index (κ3) is 2.68. The van der Waals surface area contributed by atoms with Crippen molar-refractivity contribution in [2.45, 2.75) is 30.4 Å². The molecule has 0 aromatic heterocycles. The van der Waals surface area contributed by atoms with E-state index in [9.17, 15) is 18.3 Å². The van der Waals surface area contributed by atoms with Gasteiger partial charge in [-0.15, -0.1) is 0 Å². The van der Waals surface area contributed by atoms with Crippen molar-refractivity contribution in [1.82, 2.24) is 9.73 Å². The summed E-state index contributed by atoms with van der Waals surface area (Å²) >= 11 is 0. The minimum absolute atomic E-state index is 0.0358. The molecule has 0 radical (unpaired) electrons. The Balaban J connectivity index is 2.37. The first kappa shape index (κ1) is 14.9. The van der Waals surface area contributed by atoms with E-state index in [-0.39, 0.29) is 17.9 Å². The van der Waals surface area contributed by atoms with Crippen molar-refractivity contribution >= 4 is 15.9 Å². The number of hydrogen-bond acceptors (Lipinski definition) is 5. The van der Waals surface area contributed by atoms with Gasteiger partial charge in [0.25, 0.3) is 5.91 Å². The van der Waals surface area contributed by atoms with Crippen molar-refractivity contribution in [3.05, 3.63) is 29.8 Å². The number of nitrogens with one attached hydrogen (secondary N) is 1. The van der Waals surface area contributed by atoms with E-state index >= 15 is 0 Å². The number of amides is 1. The first-order valence-electron chi connectivity index (χ1n) is 6.13. The van der Waals surface area contributed by atoms with Crippen LogP contribution in [0, 0.1) is 6.92 Å². The Kier molecular flexibility index (Phi) is 4.09. The van der Waals surface area contributed by atoms with Crippen LogP contribution in [-0.2, 0) is 14.8 Å². The summed E-state index contributed by atoms with van der Waals surface area (Å²) in [7, 11) is -3.84. The lowest BCUT2D eigenvalue weighted by Crippen LogP contribution is -2.47. The zero-order valence-electron chi connectivity index (χ0n) is 11.0. The molecular formula is C12H17N3O4S. The number of nitrogens with two attached hydrogens (primary N) is 1. The van der Waals surface area contributed by atoms with Crippen molar-refractivity contribution < 1.29 is 18.3 Å². The topological polar surface area (TPSA) is 113 Å². The fourth-order valence-electron chi connectivity index (χ4n) is 2.23. The molecule has 1 fully saturated rings. The van der Waals surface area contributed by atoms with E-state index in [4.69, 9.17) is 5.84 Å². The van der Waals surface area contributed by atoms with Gasteiger partial charge in [-0.2, -0.15) is 4.31 Å². The van der Waals surface area contributed by atoms with Crippen molar-refractivity contribution in [2.75, 3.05) is 6.54 Å². The number of hydrazine groups is 1.